The van der Waals surface area contributed by atoms with Crippen molar-refractivity contribution in [1.29, 1.82) is 0 Å². The topological polar surface area (TPSA) is 111 Å². The van der Waals surface area contributed by atoms with Gasteiger partial charge in [-0.3, -0.25) is 4.79 Å². The van der Waals surface area contributed by atoms with Gasteiger partial charge in [-0.25, -0.2) is 13.1 Å². The van der Waals surface area contributed by atoms with Crippen LogP contribution in [0.4, 0.5) is 0 Å². The van der Waals surface area contributed by atoms with Gasteiger partial charge in [-0.15, -0.1) is 5.10 Å². The van der Waals surface area contributed by atoms with E-state index in [-0.39, 0.29) is 35.2 Å². The SMILES string of the molecule is C[C@@H](Sc1nnnn1C[C@@H]1CCCO1)C(=O)N1CCN(S(=O)(=O)c2ccccc2)CC1. The summed E-state index contributed by atoms with van der Waals surface area (Å²) in [6, 6.07) is 8.38. The fourth-order valence-electron chi connectivity index (χ4n) is 3.73. The molecule has 2 fully saturated rings. The van der Waals surface area contributed by atoms with Gasteiger partial charge >= 0.3 is 0 Å². The molecule has 1 aromatic heterocycles. The number of thioether (sulfide) groups is 1. The van der Waals surface area contributed by atoms with Gasteiger partial charge in [0.05, 0.1) is 22.8 Å². The van der Waals surface area contributed by atoms with E-state index in [1.807, 2.05) is 6.92 Å². The average Bonchev–Trinajstić information content (AvgIpc) is 3.46. The molecule has 0 aliphatic carbocycles. The summed E-state index contributed by atoms with van der Waals surface area (Å²) in [4.78, 5) is 14.9. The van der Waals surface area contributed by atoms with Crippen LogP contribution in [0.2, 0.25) is 0 Å². The number of carbonyl (C=O) groups excluding carboxylic acids is 1. The molecule has 0 spiro atoms. The summed E-state index contributed by atoms with van der Waals surface area (Å²) >= 11 is 1.31. The molecule has 31 heavy (non-hydrogen) atoms. The van der Waals surface area contributed by atoms with Crippen molar-refractivity contribution in [2.45, 2.75) is 47.7 Å². The van der Waals surface area contributed by atoms with Crippen LogP contribution in [-0.4, -0.2) is 87.9 Å². The Kier molecular flexibility index (Phi) is 6.89. The van der Waals surface area contributed by atoms with Crippen molar-refractivity contribution >= 4 is 27.7 Å². The number of piperazine rings is 1. The third-order valence-corrected chi connectivity index (χ3v) is 8.43. The Bertz CT molecular complexity index is 986. The molecule has 1 amide bonds. The van der Waals surface area contributed by atoms with E-state index in [9.17, 15) is 13.2 Å². The van der Waals surface area contributed by atoms with Crippen molar-refractivity contribution < 1.29 is 17.9 Å². The normalized spacial score (nSPS) is 21.3. The largest absolute Gasteiger partial charge is 0.376 e. The molecular weight excluding hydrogens is 440 g/mol. The number of benzene rings is 1. The first kappa shape index (κ1) is 22.2. The van der Waals surface area contributed by atoms with Gasteiger partial charge in [0.1, 0.15) is 0 Å². The van der Waals surface area contributed by atoms with E-state index < -0.39 is 10.0 Å². The highest BCUT2D eigenvalue weighted by Gasteiger charge is 2.32. The molecule has 3 heterocycles. The van der Waals surface area contributed by atoms with Gasteiger partial charge in [0.25, 0.3) is 0 Å². The molecule has 2 aliphatic heterocycles. The maximum atomic E-state index is 12.9. The number of carbonyl (C=O) groups is 1. The Morgan fingerprint density at radius 3 is 2.65 bits per heavy atom. The molecule has 2 atom stereocenters. The monoisotopic (exact) mass is 466 g/mol. The molecule has 2 aliphatic rings. The molecule has 0 saturated carbocycles. The Hall–Kier alpha value is -2.02. The van der Waals surface area contributed by atoms with Gasteiger partial charge < -0.3 is 9.64 Å². The first-order chi connectivity index (χ1) is 14.9. The lowest BCUT2D eigenvalue weighted by atomic mass is 10.2. The number of hydrogen-bond donors (Lipinski definition) is 0. The number of hydrogen-bond acceptors (Lipinski definition) is 8. The van der Waals surface area contributed by atoms with E-state index in [4.69, 9.17) is 4.74 Å². The lowest BCUT2D eigenvalue weighted by Crippen LogP contribution is -2.52. The third-order valence-electron chi connectivity index (χ3n) is 5.46. The maximum Gasteiger partial charge on any atom is 0.243 e. The molecule has 2 saturated heterocycles. The fraction of sp³-hybridized carbons (Fsp3) is 0.579. The van der Waals surface area contributed by atoms with Crippen LogP contribution in [0, 0.1) is 0 Å². The number of amides is 1. The Morgan fingerprint density at radius 2 is 1.97 bits per heavy atom. The Balaban J connectivity index is 1.32. The highest BCUT2D eigenvalue weighted by atomic mass is 32.2. The van der Waals surface area contributed by atoms with Crippen molar-refractivity contribution in [3.05, 3.63) is 30.3 Å². The predicted molar refractivity (Wildman–Crippen MR) is 114 cm³/mol. The van der Waals surface area contributed by atoms with Crippen molar-refractivity contribution in [2.24, 2.45) is 0 Å². The molecule has 0 unspecified atom stereocenters. The van der Waals surface area contributed by atoms with E-state index >= 15 is 0 Å². The summed E-state index contributed by atoms with van der Waals surface area (Å²) < 4.78 is 34.3. The minimum absolute atomic E-state index is 0.0478. The molecule has 12 heteroatoms. The first-order valence-electron chi connectivity index (χ1n) is 10.3. The summed E-state index contributed by atoms with van der Waals surface area (Å²) in [6.07, 6.45) is 2.12. The van der Waals surface area contributed by atoms with Crippen LogP contribution in [0.15, 0.2) is 40.4 Å². The molecule has 0 bridgehead atoms. The van der Waals surface area contributed by atoms with Crippen LogP contribution >= 0.6 is 11.8 Å². The molecular formula is C19H26N6O4S2. The number of rotatable bonds is 7. The zero-order valence-corrected chi connectivity index (χ0v) is 19.0. The van der Waals surface area contributed by atoms with Gasteiger partial charge in [-0.1, -0.05) is 30.0 Å². The molecule has 10 nitrogen and oxygen atoms in total. The smallest absolute Gasteiger partial charge is 0.243 e. The Morgan fingerprint density at radius 1 is 1.23 bits per heavy atom. The lowest BCUT2D eigenvalue weighted by Gasteiger charge is -2.35. The molecule has 0 N–H and O–H groups in total. The van der Waals surface area contributed by atoms with Gasteiger partial charge in [-0.2, -0.15) is 4.31 Å². The second-order valence-electron chi connectivity index (χ2n) is 7.58. The Labute approximate surface area is 186 Å². The number of sulfonamides is 1. The molecule has 4 rings (SSSR count). The summed E-state index contributed by atoms with van der Waals surface area (Å²) in [6.45, 7) is 4.43. The summed E-state index contributed by atoms with van der Waals surface area (Å²) in [5.41, 5.74) is 0. The van der Waals surface area contributed by atoms with Gasteiger partial charge in [0.2, 0.25) is 21.1 Å². The second kappa shape index (κ2) is 9.63. The van der Waals surface area contributed by atoms with Crippen LogP contribution in [0.5, 0.6) is 0 Å². The third kappa shape index (κ3) is 5.08. The van der Waals surface area contributed by atoms with Crippen molar-refractivity contribution in [2.75, 3.05) is 32.8 Å². The summed E-state index contributed by atoms with van der Waals surface area (Å²) in [5.74, 6) is -0.0478. The van der Waals surface area contributed by atoms with Crippen LogP contribution in [0.1, 0.15) is 19.8 Å². The molecule has 168 valence electrons. The van der Waals surface area contributed by atoms with Gasteiger partial charge in [-0.05, 0) is 42.3 Å². The van der Waals surface area contributed by atoms with Crippen LogP contribution in [0.3, 0.4) is 0 Å². The van der Waals surface area contributed by atoms with E-state index in [1.54, 1.807) is 39.9 Å². The number of aromatic nitrogens is 4. The van der Waals surface area contributed by atoms with Crippen molar-refractivity contribution in [3.63, 3.8) is 0 Å². The van der Waals surface area contributed by atoms with Gasteiger partial charge in [0.15, 0.2) is 0 Å². The van der Waals surface area contributed by atoms with E-state index in [0.717, 1.165) is 19.4 Å². The average molecular weight is 467 g/mol. The second-order valence-corrected chi connectivity index (χ2v) is 10.8. The molecule has 2 aromatic rings. The highest BCUT2D eigenvalue weighted by molar-refractivity contribution is 8.00. The minimum Gasteiger partial charge on any atom is -0.376 e. The van der Waals surface area contributed by atoms with Crippen LogP contribution in [-0.2, 0) is 26.1 Å². The van der Waals surface area contributed by atoms with Crippen LogP contribution in [0.25, 0.3) is 0 Å². The quantitative estimate of drug-likeness (QED) is 0.553. The zero-order valence-electron chi connectivity index (χ0n) is 17.3. The molecule has 0 radical (unpaired) electrons. The summed E-state index contributed by atoms with van der Waals surface area (Å²) in [5, 5.41) is 12.0. The molecule has 1 aromatic carbocycles. The standard InChI is InChI=1S/C19H26N6O4S2/c1-15(30-19-20-21-22-25(19)14-16-6-5-13-29-16)18(26)23-9-11-24(12-10-23)31(27,28)17-7-3-2-4-8-17/h2-4,7-8,15-16H,5-6,9-14H2,1H3/t15-,16+/m1/s1. The number of tetrazole rings is 1. The number of nitrogens with zero attached hydrogens (tertiary/aromatic N) is 6. The lowest BCUT2D eigenvalue weighted by molar-refractivity contribution is -0.131. The fourth-order valence-corrected chi connectivity index (χ4v) is 6.06. The van der Waals surface area contributed by atoms with E-state index in [0.29, 0.717) is 24.8 Å². The summed E-state index contributed by atoms with van der Waals surface area (Å²) in [7, 11) is -3.54. The predicted octanol–water partition coefficient (Wildman–Crippen LogP) is 0.866. The minimum atomic E-state index is -3.54. The van der Waals surface area contributed by atoms with Gasteiger partial charge in [0, 0.05) is 32.8 Å². The van der Waals surface area contributed by atoms with Crippen LogP contribution < -0.4 is 0 Å². The van der Waals surface area contributed by atoms with Crippen molar-refractivity contribution in [3.8, 4) is 0 Å². The van der Waals surface area contributed by atoms with Crippen molar-refractivity contribution in [1.82, 2.24) is 29.4 Å². The maximum absolute atomic E-state index is 12.9. The highest BCUT2D eigenvalue weighted by Crippen LogP contribution is 2.25. The van der Waals surface area contributed by atoms with E-state index in [1.165, 1.54) is 16.1 Å². The number of ether oxygens (including phenoxy) is 1. The first-order valence-corrected chi connectivity index (χ1v) is 12.7. The zero-order chi connectivity index (χ0) is 21.8. The van der Waals surface area contributed by atoms with E-state index in [2.05, 4.69) is 15.5 Å².